The van der Waals surface area contributed by atoms with Gasteiger partial charge in [-0.15, -0.1) is 0 Å². The number of para-hydroxylation sites is 1. The van der Waals surface area contributed by atoms with E-state index in [-0.39, 0.29) is 23.8 Å². The number of hydrogen-bond acceptors (Lipinski definition) is 5. The summed E-state index contributed by atoms with van der Waals surface area (Å²) in [6, 6.07) is 6.19. The van der Waals surface area contributed by atoms with Gasteiger partial charge in [-0.3, -0.25) is 14.3 Å². The Hall–Kier alpha value is -2.70. The molecule has 1 N–H and O–H groups in total. The summed E-state index contributed by atoms with van der Waals surface area (Å²) in [5.41, 5.74) is 0.362. The molecule has 0 saturated carbocycles. The third-order valence-electron chi connectivity index (χ3n) is 3.49. The van der Waals surface area contributed by atoms with Gasteiger partial charge < -0.3 is 10.1 Å². The normalized spacial score (nSPS) is 12.2. The highest BCUT2D eigenvalue weighted by molar-refractivity contribution is 5.85. The second-order valence-corrected chi connectivity index (χ2v) is 5.50. The minimum atomic E-state index is -0.724. The minimum absolute atomic E-state index is 0.0962. The second kappa shape index (κ2) is 7.04. The molecule has 1 atom stereocenters. The Morgan fingerprint density at radius 3 is 2.65 bits per heavy atom. The summed E-state index contributed by atoms with van der Waals surface area (Å²) in [4.78, 5) is 35.7. The third-order valence-corrected chi connectivity index (χ3v) is 3.49. The molecule has 0 radical (unpaired) electrons. The van der Waals surface area contributed by atoms with Crippen molar-refractivity contribution in [2.45, 2.75) is 26.4 Å². The molecule has 122 valence electrons. The van der Waals surface area contributed by atoms with Gasteiger partial charge in [-0.05, 0) is 18.1 Å². The average molecular weight is 317 g/mol. The molecule has 1 amide bonds. The molecule has 7 nitrogen and oxygen atoms in total. The summed E-state index contributed by atoms with van der Waals surface area (Å²) in [6.45, 7) is 3.53. The van der Waals surface area contributed by atoms with Crippen LogP contribution in [0.2, 0.25) is 0 Å². The zero-order chi connectivity index (χ0) is 17.0. The fourth-order valence-electron chi connectivity index (χ4n) is 2.27. The molecule has 7 heteroatoms. The second-order valence-electron chi connectivity index (χ2n) is 5.50. The Bertz CT molecular complexity index is 782. The van der Waals surface area contributed by atoms with Crippen LogP contribution >= 0.6 is 0 Å². The molecule has 1 heterocycles. The fourth-order valence-corrected chi connectivity index (χ4v) is 2.27. The highest BCUT2D eigenvalue weighted by Crippen LogP contribution is 2.08. The van der Waals surface area contributed by atoms with Gasteiger partial charge in [0.2, 0.25) is 11.3 Å². The first kappa shape index (κ1) is 16.7. The van der Waals surface area contributed by atoms with Crippen LogP contribution in [0.25, 0.3) is 10.9 Å². The van der Waals surface area contributed by atoms with Crippen molar-refractivity contribution in [3.63, 3.8) is 0 Å². The van der Waals surface area contributed by atoms with Crippen molar-refractivity contribution in [2.24, 2.45) is 5.92 Å². The van der Waals surface area contributed by atoms with Gasteiger partial charge in [0.1, 0.15) is 12.6 Å². The molecule has 1 aromatic heterocycles. The number of benzene rings is 1. The zero-order valence-corrected chi connectivity index (χ0v) is 13.3. The lowest BCUT2D eigenvalue weighted by Gasteiger charge is -2.20. The maximum Gasteiger partial charge on any atom is 0.328 e. The van der Waals surface area contributed by atoms with E-state index in [1.165, 1.54) is 18.0 Å². The van der Waals surface area contributed by atoms with E-state index in [9.17, 15) is 14.4 Å². The molecule has 2 aromatic rings. The van der Waals surface area contributed by atoms with Crippen LogP contribution in [-0.4, -0.2) is 34.8 Å². The van der Waals surface area contributed by atoms with Gasteiger partial charge in [0.15, 0.2) is 0 Å². The van der Waals surface area contributed by atoms with Crippen LogP contribution in [0.15, 0.2) is 35.3 Å². The molecule has 0 aliphatic carbocycles. The van der Waals surface area contributed by atoms with Gasteiger partial charge >= 0.3 is 5.97 Å². The Labute approximate surface area is 133 Å². The van der Waals surface area contributed by atoms with Crippen molar-refractivity contribution in [3.05, 3.63) is 40.7 Å². The molecule has 0 unspecified atom stereocenters. The number of amides is 1. The van der Waals surface area contributed by atoms with Crippen LogP contribution in [0.5, 0.6) is 0 Å². The van der Waals surface area contributed by atoms with Crippen molar-refractivity contribution in [1.82, 2.24) is 15.1 Å². The van der Waals surface area contributed by atoms with Crippen molar-refractivity contribution in [3.8, 4) is 0 Å². The zero-order valence-electron chi connectivity index (χ0n) is 13.3. The number of hydrogen-bond donors (Lipinski definition) is 1. The van der Waals surface area contributed by atoms with Gasteiger partial charge in [-0.2, -0.15) is 5.10 Å². The van der Waals surface area contributed by atoms with E-state index >= 15 is 0 Å². The molecule has 0 fully saturated rings. The molecule has 0 spiro atoms. The Balaban J connectivity index is 2.22. The maximum absolute atomic E-state index is 12.2. The standard InChI is InChI=1S/C16H19N3O4/c1-10(2)15(16(22)23-3)18-14(21)9-19-12-7-5-4-6-11(12)13(20)8-17-19/h4-8,10,15H,9H2,1-3H3,(H,18,21)/t15-/m0/s1. The lowest BCUT2D eigenvalue weighted by atomic mass is 10.0. The molecule has 0 saturated heterocycles. The van der Waals surface area contributed by atoms with Crippen LogP contribution in [-0.2, 0) is 20.9 Å². The number of carbonyl (C=O) groups excluding carboxylic acids is 2. The highest BCUT2D eigenvalue weighted by atomic mass is 16.5. The topological polar surface area (TPSA) is 90.3 Å². The average Bonchev–Trinajstić information content (AvgIpc) is 2.54. The molecule has 0 aliphatic heterocycles. The van der Waals surface area contributed by atoms with Crippen molar-refractivity contribution in [2.75, 3.05) is 7.11 Å². The Kier molecular flexibility index (Phi) is 5.10. The summed E-state index contributed by atoms with van der Waals surface area (Å²) >= 11 is 0. The van der Waals surface area contributed by atoms with Gasteiger partial charge in [-0.1, -0.05) is 26.0 Å². The molecule has 23 heavy (non-hydrogen) atoms. The number of ether oxygens (including phenoxy) is 1. The van der Waals surface area contributed by atoms with Crippen molar-refractivity contribution < 1.29 is 14.3 Å². The molecule has 0 aliphatic rings. The smallest absolute Gasteiger partial charge is 0.328 e. The molecule has 1 aromatic carbocycles. The first-order valence-corrected chi connectivity index (χ1v) is 7.26. The molecular formula is C16H19N3O4. The van der Waals surface area contributed by atoms with Crippen molar-refractivity contribution in [1.29, 1.82) is 0 Å². The van der Waals surface area contributed by atoms with Crippen LogP contribution in [0.1, 0.15) is 13.8 Å². The summed E-state index contributed by atoms with van der Waals surface area (Å²) in [5, 5.41) is 7.12. The number of nitrogens with zero attached hydrogens (tertiary/aromatic N) is 2. The number of esters is 1. The van der Waals surface area contributed by atoms with Gasteiger partial charge in [0.05, 0.1) is 18.8 Å². The molecule has 2 rings (SSSR count). The van der Waals surface area contributed by atoms with E-state index in [0.29, 0.717) is 10.9 Å². The first-order valence-electron chi connectivity index (χ1n) is 7.26. The van der Waals surface area contributed by atoms with Crippen LogP contribution < -0.4 is 10.7 Å². The number of carbonyl (C=O) groups is 2. The summed E-state index contributed by atoms with van der Waals surface area (Å²) < 4.78 is 6.12. The number of aromatic nitrogens is 2. The lowest BCUT2D eigenvalue weighted by Crippen LogP contribution is -2.46. The van der Waals surface area contributed by atoms with Gasteiger partial charge in [0, 0.05) is 5.39 Å². The SMILES string of the molecule is COC(=O)[C@@H](NC(=O)Cn1ncc(=O)c2ccccc21)C(C)C. The van der Waals surface area contributed by atoms with Gasteiger partial charge in [-0.25, -0.2) is 4.79 Å². The van der Waals surface area contributed by atoms with E-state index in [4.69, 9.17) is 4.74 Å². The monoisotopic (exact) mass is 317 g/mol. The van der Waals surface area contributed by atoms with Crippen molar-refractivity contribution >= 4 is 22.8 Å². The number of rotatable bonds is 5. The number of fused-ring (bicyclic) bond motifs is 1. The summed E-state index contributed by atoms with van der Waals surface area (Å²) in [7, 11) is 1.28. The highest BCUT2D eigenvalue weighted by Gasteiger charge is 2.25. The Morgan fingerprint density at radius 1 is 1.30 bits per heavy atom. The van der Waals surface area contributed by atoms with E-state index in [0.717, 1.165) is 0 Å². The van der Waals surface area contributed by atoms with Crippen LogP contribution in [0.4, 0.5) is 0 Å². The van der Waals surface area contributed by atoms with E-state index < -0.39 is 12.0 Å². The van der Waals surface area contributed by atoms with E-state index in [1.54, 1.807) is 24.3 Å². The lowest BCUT2D eigenvalue weighted by molar-refractivity contribution is -0.146. The van der Waals surface area contributed by atoms with Crippen LogP contribution in [0.3, 0.4) is 0 Å². The number of nitrogens with one attached hydrogen (secondary N) is 1. The predicted molar refractivity (Wildman–Crippen MR) is 84.8 cm³/mol. The minimum Gasteiger partial charge on any atom is -0.467 e. The summed E-state index contributed by atoms with van der Waals surface area (Å²) in [6.07, 6.45) is 1.18. The quantitative estimate of drug-likeness (QED) is 0.820. The van der Waals surface area contributed by atoms with E-state index in [2.05, 4.69) is 10.4 Å². The summed E-state index contributed by atoms with van der Waals surface area (Å²) in [5.74, 6) is -0.980. The van der Waals surface area contributed by atoms with Crippen LogP contribution in [0, 0.1) is 5.92 Å². The molecule has 0 bridgehead atoms. The number of methoxy groups -OCH3 is 1. The fraction of sp³-hybridized carbons (Fsp3) is 0.375. The largest absolute Gasteiger partial charge is 0.467 e. The van der Waals surface area contributed by atoms with Gasteiger partial charge in [0.25, 0.3) is 0 Å². The maximum atomic E-state index is 12.2. The van der Waals surface area contributed by atoms with E-state index in [1.807, 2.05) is 13.8 Å². The predicted octanol–water partition coefficient (Wildman–Crippen LogP) is 0.710. The molecular weight excluding hydrogens is 298 g/mol. The Morgan fingerprint density at radius 2 is 2.00 bits per heavy atom. The third kappa shape index (κ3) is 3.74. The first-order chi connectivity index (χ1) is 10.9.